The Bertz CT molecular complexity index is 580. The Morgan fingerprint density at radius 2 is 2.00 bits per heavy atom. The Morgan fingerprint density at radius 3 is 2.48 bits per heavy atom. The summed E-state index contributed by atoms with van der Waals surface area (Å²) in [6.07, 6.45) is 0. The Kier molecular flexibility index (Phi) is 6.09. The maximum Gasteiger partial charge on any atom is 0.318 e. The molecule has 1 aromatic carbocycles. The zero-order chi connectivity index (χ0) is 16.2. The van der Waals surface area contributed by atoms with Crippen LogP contribution in [-0.4, -0.2) is 38.7 Å². The number of carbonyl (C=O) groups excluding carboxylic acids is 1. The maximum absolute atomic E-state index is 11.9. The fraction of sp³-hybridized carbons (Fsp3) is 0.273. The number of nitro groups is 1. The Balaban J connectivity index is 2.95. The number of nitrogens with zero attached hydrogens (tertiary/aromatic N) is 1. The van der Waals surface area contributed by atoms with Crippen LogP contribution in [0.3, 0.4) is 0 Å². The largest absolute Gasteiger partial charge is 0.494 e. The van der Waals surface area contributed by atoms with E-state index in [1.54, 1.807) is 0 Å². The number of carbonyl (C=O) groups is 2. The predicted octanol–water partition coefficient (Wildman–Crippen LogP) is 2.15. The van der Waals surface area contributed by atoms with Crippen molar-refractivity contribution < 1.29 is 24.4 Å². The molecule has 2 N–H and O–H groups in total. The molecule has 0 saturated heterocycles. The summed E-state index contributed by atoms with van der Waals surface area (Å²) in [5.74, 6) is -1.74. The third-order valence-corrected chi connectivity index (χ3v) is 4.97. The minimum atomic E-state index is -1.21. The highest BCUT2D eigenvalue weighted by atomic mass is 79.9. The van der Waals surface area contributed by atoms with E-state index in [0.717, 1.165) is 6.07 Å². The van der Waals surface area contributed by atoms with Crippen LogP contribution in [0.1, 0.15) is 0 Å². The van der Waals surface area contributed by atoms with Crippen LogP contribution >= 0.6 is 31.9 Å². The first-order valence-electron chi connectivity index (χ1n) is 5.42. The normalized spacial score (nSPS) is 13.1. The third-order valence-electron chi connectivity index (χ3n) is 2.40. The average molecular weight is 426 g/mol. The smallest absolute Gasteiger partial charge is 0.318 e. The molecule has 8 nitrogen and oxygen atoms in total. The van der Waals surface area contributed by atoms with E-state index in [-0.39, 0.29) is 17.1 Å². The second-order valence-corrected chi connectivity index (χ2v) is 5.75. The lowest BCUT2D eigenvalue weighted by molar-refractivity contribution is -0.384. The highest BCUT2D eigenvalue weighted by molar-refractivity contribution is 9.12. The summed E-state index contributed by atoms with van der Waals surface area (Å²) in [5, 5.41) is 21.9. The lowest BCUT2D eigenvalue weighted by Crippen LogP contribution is -2.34. The number of non-ortho nitro benzene ring substituents is 1. The number of carboxylic acid groups (broad SMARTS) is 1. The number of ether oxygens (including phenoxy) is 1. The van der Waals surface area contributed by atoms with Gasteiger partial charge in [0.2, 0.25) is 5.91 Å². The molecule has 1 aromatic rings. The number of carboxylic acids is 1. The number of hydrogen-bond acceptors (Lipinski definition) is 5. The zero-order valence-electron chi connectivity index (χ0n) is 10.6. The third kappa shape index (κ3) is 4.39. The molecule has 0 aromatic heterocycles. The summed E-state index contributed by atoms with van der Waals surface area (Å²) in [4.78, 5) is 30.6. The van der Waals surface area contributed by atoms with E-state index in [0.29, 0.717) is 0 Å². The number of rotatable bonds is 6. The van der Waals surface area contributed by atoms with Gasteiger partial charge in [-0.15, -0.1) is 0 Å². The molecular formula is C11H10Br2N2O6. The number of amides is 1. The molecule has 2 atom stereocenters. The van der Waals surface area contributed by atoms with Gasteiger partial charge in [-0.3, -0.25) is 19.7 Å². The maximum atomic E-state index is 11.9. The molecule has 0 saturated carbocycles. The van der Waals surface area contributed by atoms with Crippen LogP contribution in [0.2, 0.25) is 0 Å². The van der Waals surface area contributed by atoms with Crippen LogP contribution in [0.25, 0.3) is 0 Å². The average Bonchev–Trinajstić information content (AvgIpc) is 2.45. The lowest BCUT2D eigenvalue weighted by Gasteiger charge is -2.14. The van der Waals surface area contributed by atoms with Gasteiger partial charge in [0.15, 0.2) is 0 Å². The molecule has 0 aliphatic carbocycles. The first kappa shape index (κ1) is 17.4. The Hall–Kier alpha value is -1.68. The number of methoxy groups -OCH3 is 1. The molecule has 21 heavy (non-hydrogen) atoms. The number of nitro benzene ring substituents is 1. The predicted molar refractivity (Wildman–Crippen MR) is 81.3 cm³/mol. The van der Waals surface area contributed by atoms with Crippen molar-refractivity contribution >= 4 is 55.1 Å². The van der Waals surface area contributed by atoms with Crippen LogP contribution in [0.4, 0.5) is 11.4 Å². The van der Waals surface area contributed by atoms with Crippen molar-refractivity contribution in [1.82, 2.24) is 0 Å². The van der Waals surface area contributed by atoms with Crippen LogP contribution in [-0.2, 0) is 9.59 Å². The van der Waals surface area contributed by atoms with Crippen molar-refractivity contribution in [3.05, 3.63) is 28.3 Å². The van der Waals surface area contributed by atoms with E-state index in [9.17, 15) is 19.7 Å². The van der Waals surface area contributed by atoms with Gasteiger partial charge in [-0.2, -0.15) is 0 Å². The highest BCUT2D eigenvalue weighted by Crippen LogP contribution is 2.29. The summed E-state index contributed by atoms with van der Waals surface area (Å²) in [6.45, 7) is 0. The molecule has 0 aliphatic heterocycles. The SMILES string of the molecule is COc1cc([N+](=O)[O-])ccc1NC(=O)[C@H](Br)[C@@H](Br)C(=O)O. The van der Waals surface area contributed by atoms with Crippen molar-refractivity contribution in [3.8, 4) is 5.75 Å². The van der Waals surface area contributed by atoms with Crippen LogP contribution < -0.4 is 10.1 Å². The molecule has 114 valence electrons. The zero-order valence-corrected chi connectivity index (χ0v) is 13.8. The van der Waals surface area contributed by atoms with E-state index in [4.69, 9.17) is 9.84 Å². The topological polar surface area (TPSA) is 119 Å². The molecule has 0 unspecified atom stereocenters. The van der Waals surface area contributed by atoms with Crippen molar-refractivity contribution in [1.29, 1.82) is 0 Å². The first-order valence-corrected chi connectivity index (χ1v) is 7.25. The molecule has 0 spiro atoms. The standard InChI is InChI=1S/C11H10Br2N2O6/c1-21-7-4-5(15(19)20)2-3-6(7)14-10(16)8(12)9(13)11(17)18/h2-4,8-9H,1H3,(H,14,16)(H,17,18)/t8-,9-/m1/s1. The van der Waals surface area contributed by atoms with Gasteiger partial charge in [-0.25, -0.2) is 0 Å². The lowest BCUT2D eigenvalue weighted by atomic mass is 10.2. The molecule has 0 fully saturated rings. The summed E-state index contributed by atoms with van der Waals surface area (Å²) in [6, 6.07) is 3.66. The van der Waals surface area contributed by atoms with Gasteiger partial charge in [-0.1, -0.05) is 31.9 Å². The molecule has 10 heteroatoms. The number of benzene rings is 1. The van der Waals surface area contributed by atoms with Gasteiger partial charge >= 0.3 is 5.97 Å². The molecule has 0 radical (unpaired) electrons. The van der Waals surface area contributed by atoms with Gasteiger partial charge in [0.05, 0.1) is 23.8 Å². The first-order chi connectivity index (χ1) is 9.77. The van der Waals surface area contributed by atoms with E-state index in [1.165, 1.54) is 19.2 Å². The van der Waals surface area contributed by atoms with Crippen LogP contribution in [0, 0.1) is 10.1 Å². The second-order valence-electron chi connectivity index (χ2n) is 3.77. The molecule has 1 amide bonds. The van der Waals surface area contributed by atoms with Crippen molar-refractivity contribution in [2.24, 2.45) is 0 Å². The fourth-order valence-corrected chi connectivity index (χ4v) is 1.94. The van der Waals surface area contributed by atoms with E-state index >= 15 is 0 Å². The number of aliphatic carboxylic acids is 1. The van der Waals surface area contributed by atoms with E-state index in [2.05, 4.69) is 37.2 Å². The number of anilines is 1. The monoisotopic (exact) mass is 424 g/mol. The Morgan fingerprint density at radius 1 is 1.38 bits per heavy atom. The number of alkyl halides is 2. The van der Waals surface area contributed by atoms with Gasteiger partial charge in [0.1, 0.15) is 15.4 Å². The van der Waals surface area contributed by atoms with Gasteiger partial charge in [0, 0.05) is 6.07 Å². The second kappa shape index (κ2) is 7.36. The molecule has 1 rings (SSSR count). The van der Waals surface area contributed by atoms with Crippen molar-refractivity contribution in [2.75, 3.05) is 12.4 Å². The quantitative estimate of drug-likeness (QED) is 0.409. The summed E-state index contributed by atoms with van der Waals surface area (Å²) < 4.78 is 4.96. The molecular weight excluding hydrogens is 416 g/mol. The summed E-state index contributed by atoms with van der Waals surface area (Å²) in [7, 11) is 1.30. The Labute approximate surface area is 135 Å². The minimum Gasteiger partial charge on any atom is -0.494 e. The van der Waals surface area contributed by atoms with E-state index < -0.39 is 26.5 Å². The van der Waals surface area contributed by atoms with Gasteiger partial charge < -0.3 is 15.2 Å². The molecule has 0 bridgehead atoms. The van der Waals surface area contributed by atoms with Gasteiger partial charge in [-0.05, 0) is 6.07 Å². The summed E-state index contributed by atoms with van der Waals surface area (Å²) >= 11 is 5.82. The highest BCUT2D eigenvalue weighted by Gasteiger charge is 2.30. The number of nitrogens with one attached hydrogen (secondary N) is 1. The van der Waals surface area contributed by atoms with Gasteiger partial charge in [0.25, 0.3) is 5.69 Å². The number of hydrogen-bond donors (Lipinski definition) is 2. The summed E-state index contributed by atoms with van der Waals surface area (Å²) in [5.41, 5.74) is 0.00628. The van der Waals surface area contributed by atoms with Crippen molar-refractivity contribution in [2.45, 2.75) is 9.65 Å². The number of halogens is 2. The van der Waals surface area contributed by atoms with Crippen LogP contribution in [0.15, 0.2) is 18.2 Å². The van der Waals surface area contributed by atoms with E-state index in [1.807, 2.05) is 0 Å². The molecule has 0 aliphatic rings. The van der Waals surface area contributed by atoms with Crippen molar-refractivity contribution in [3.63, 3.8) is 0 Å². The van der Waals surface area contributed by atoms with Crippen LogP contribution in [0.5, 0.6) is 5.75 Å². The minimum absolute atomic E-state index is 0.0960. The molecule has 0 heterocycles. The fourth-order valence-electron chi connectivity index (χ4n) is 1.36.